The van der Waals surface area contributed by atoms with E-state index in [0.717, 1.165) is 11.1 Å². The Kier molecular flexibility index (Phi) is 32.3. The van der Waals surface area contributed by atoms with Crippen molar-refractivity contribution >= 4 is 99.7 Å². The van der Waals surface area contributed by atoms with Crippen LogP contribution < -0.4 is 21.3 Å². The number of carbonyl (C=O) groups excluding carboxylic acids is 1. The van der Waals surface area contributed by atoms with Crippen LogP contribution in [-0.4, -0.2) is 330 Å². The molecule has 2 heterocycles. The fourth-order valence-electron chi connectivity index (χ4n) is 10.0. The summed E-state index contributed by atoms with van der Waals surface area (Å²) in [6, 6.07) is 12.2. The Labute approximate surface area is 519 Å². The lowest BCUT2D eigenvalue weighted by Crippen LogP contribution is -2.51. The van der Waals surface area contributed by atoms with E-state index >= 15 is 0 Å². The normalized spacial score (nSPS) is 17.2. The van der Waals surface area contributed by atoms with E-state index in [4.69, 9.17) is 24.4 Å². The molecule has 0 aliphatic carbocycles. The van der Waals surface area contributed by atoms with Gasteiger partial charge in [-0.2, -0.15) is 0 Å². The van der Waals surface area contributed by atoms with Gasteiger partial charge < -0.3 is 62.1 Å². The first-order chi connectivity index (χ1) is 41.8. The standard InChI is InChI=1S/C55H83N13O18S2/c69-45(13-14-56-54(87)58-41-7-1-39(2-8-41)5-11-43(52(82)83)66-29-25-62(35-48(74)75)21-17-60(33-46(70)71)18-22-63(26-30-66)36-49(76)77)68(86)16-15-57-55(88)59-42-9-3-40(4-10-42)6-12-44(53(84)85)67-31-27-64(37-50(78)79)23-19-61(34-47(72)73)20-24-65(28-32-67)38-51(80)81/h1-4,7-10,43-44,86H,5-6,11-38H2,(H,70,71)(H,72,73)(H,74,75)(H,76,77)(H,78,79)(H,80,81)(H,82,83)(H,84,85)(H2,56,58,87)(H2,57,59,88). The van der Waals surface area contributed by atoms with Gasteiger partial charge in [0.1, 0.15) is 12.1 Å². The fraction of sp³-hybridized carbons (Fsp3) is 0.582. The van der Waals surface area contributed by atoms with Crippen LogP contribution in [0.25, 0.3) is 0 Å². The Morgan fingerprint density at radius 3 is 0.932 bits per heavy atom. The van der Waals surface area contributed by atoms with Gasteiger partial charge in [-0.05, 0) is 85.5 Å². The summed E-state index contributed by atoms with van der Waals surface area (Å²) in [4.78, 5) is 121. The SMILES string of the molecule is O=C(O)CN1CCN(CC(=O)O)CCN(C(CCc2ccc(NC(=S)NCCC(=O)N(O)CCNC(=S)Nc3ccc(CCC(C(=O)O)N4CCN(CC(=O)O)CCN(CC(=O)O)CCN(CC(=O)O)CC4)cc3)cc2)C(=O)O)CCN(CC(=O)O)CC1. The Balaban J connectivity index is 1.20. The third-order valence-electron chi connectivity index (χ3n) is 14.7. The number of benzene rings is 2. The Morgan fingerprint density at radius 1 is 0.409 bits per heavy atom. The number of carboxylic acid groups (broad SMARTS) is 8. The molecule has 0 aromatic heterocycles. The number of thiocarbonyl (C=S) groups is 2. The second-order valence-electron chi connectivity index (χ2n) is 21.3. The van der Waals surface area contributed by atoms with Crippen molar-refractivity contribution in [2.45, 2.75) is 44.2 Å². The van der Waals surface area contributed by atoms with Crippen LogP contribution in [0.2, 0.25) is 0 Å². The van der Waals surface area contributed by atoms with E-state index in [1.165, 1.54) is 0 Å². The number of carbonyl (C=O) groups is 9. The number of nitrogens with zero attached hydrogens (tertiary/aromatic N) is 9. The Hall–Kier alpha value is -7.31. The van der Waals surface area contributed by atoms with Crippen LogP contribution in [0.4, 0.5) is 11.4 Å². The van der Waals surface area contributed by atoms with Crippen LogP contribution in [0.3, 0.4) is 0 Å². The topological polar surface area (TPSA) is 413 Å². The number of hydroxylamine groups is 2. The molecule has 2 aliphatic rings. The van der Waals surface area contributed by atoms with Crippen molar-refractivity contribution < 1.29 is 89.2 Å². The maximum Gasteiger partial charge on any atom is 0.320 e. The number of rotatable bonds is 30. The number of aryl methyl sites for hydroxylation is 2. The molecule has 88 heavy (non-hydrogen) atoms. The van der Waals surface area contributed by atoms with Crippen molar-refractivity contribution in [2.24, 2.45) is 0 Å². The highest BCUT2D eigenvalue weighted by Crippen LogP contribution is 2.18. The number of amides is 1. The fourth-order valence-corrected chi connectivity index (χ4v) is 10.5. The molecular weight excluding hydrogens is 1190 g/mol. The third-order valence-corrected chi connectivity index (χ3v) is 15.2. The molecular formula is C55H83N13O18S2. The molecule has 2 atom stereocenters. The molecule has 0 saturated carbocycles. The first kappa shape index (κ1) is 73.2. The van der Waals surface area contributed by atoms with E-state index < -0.39 is 65.7 Å². The van der Waals surface area contributed by atoms with Crippen molar-refractivity contribution in [1.82, 2.24) is 54.9 Å². The maximum absolute atomic E-state index is 12.8. The molecule has 0 radical (unpaired) electrons. The van der Waals surface area contributed by atoms with E-state index in [1.54, 1.807) is 87.7 Å². The number of anilines is 2. The van der Waals surface area contributed by atoms with Gasteiger partial charge in [0.25, 0.3) is 0 Å². The van der Waals surface area contributed by atoms with Gasteiger partial charge in [0.05, 0.1) is 45.8 Å². The van der Waals surface area contributed by atoms with Gasteiger partial charge >= 0.3 is 47.8 Å². The highest BCUT2D eigenvalue weighted by atomic mass is 32.1. The quantitative estimate of drug-likeness (QED) is 0.0235. The molecule has 4 rings (SSSR count). The predicted octanol–water partition coefficient (Wildman–Crippen LogP) is -1.71. The van der Waals surface area contributed by atoms with Gasteiger partial charge in [0, 0.05) is 136 Å². The number of nitrogens with one attached hydrogen (secondary N) is 4. The van der Waals surface area contributed by atoms with E-state index in [-0.39, 0.29) is 193 Å². The summed E-state index contributed by atoms with van der Waals surface area (Å²) in [5.41, 5.74) is 2.81. The second-order valence-corrected chi connectivity index (χ2v) is 22.1. The minimum atomic E-state index is -1.10. The van der Waals surface area contributed by atoms with Gasteiger partial charge in [0.2, 0.25) is 5.91 Å². The number of hydrogen-bond donors (Lipinski definition) is 13. The summed E-state index contributed by atoms with van der Waals surface area (Å²) in [6.07, 6.45) is 0.922. The number of aliphatic carboxylic acids is 8. The average Bonchev–Trinajstić information content (AvgIpc) is 3.05. The molecule has 2 unspecified atom stereocenters. The lowest BCUT2D eigenvalue weighted by atomic mass is 10.0. The molecule has 488 valence electrons. The number of hydrogen-bond acceptors (Lipinski definition) is 20. The molecule has 0 spiro atoms. The van der Waals surface area contributed by atoms with Gasteiger partial charge in [-0.3, -0.25) is 87.6 Å². The number of carboxylic acids is 8. The zero-order valence-corrected chi connectivity index (χ0v) is 50.7. The van der Waals surface area contributed by atoms with Crippen molar-refractivity contribution in [3.63, 3.8) is 0 Å². The van der Waals surface area contributed by atoms with Gasteiger partial charge in [-0.25, -0.2) is 5.06 Å². The smallest absolute Gasteiger partial charge is 0.320 e. The van der Waals surface area contributed by atoms with E-state index in [9.17, 15) is 89.2 Å². The molecule has 2 aromatic carbocycles. The maximum atomic E-state index is 12.8. The monoisotopic (exact) mass is 1280 g/mol. The van der Waals surface area contributed by atoms with Crippen LogP contribution in [-0.2, 0) is 56.0 Å². The van der Waals surface area contributed by atoms with Crippen molar-refractivity contribution in [2.75, 3.05) is 174 Å². The average molecular weight is 1280 g/mol. The Morgan fingerprint density at radius 2 is 0.670 bits per heavy atom. The summed E-state index contributed by atoms with van der Waals surface area (Å²) in [7, 11) is 0. The molecule has 31 nitrogen and oxygen atoms in total. The van der Waals surface area contributed by atoms with Crippen LogP contribution in [0.5, 0.6) is 0 Å². The minimum Gasteiger partial charge on any atom is -0.480 e. The van der Waals surface area contributed by atoms with Crippen LogP contribution in [0.1, 0.15) is 30.4 Å². The molecule has 2 saturated heterocycles. The molecule has 1 amide bonds. The molecule has 2 aliphatic heterocycles. The van der Waals surface area contributed by atoms with E-state index in [0.29, 0.717) is 29.3 Å². The largest absolute Gasteiger partial charge is 0.480 e. The summed E-state index contributed by atoms with van der Waals surface area (Å²) in [6.45, 7) is 1.00. The zero-order chi connectivity index (χ0) is 64.7. The third kappa shape index (κ3) is 29.6. The van der Waals surface area contributed by atoms with Crippen molar-refractivity contribution in [3.05, 3.63) is 59.7 Å². The summed E-state index contributed by atoms with van der Waals surface area (Å²) in [5, 5.41) is 101. The molecule has 2 fully saturated rings. The second kappa shape index (κ2) is 38.9. The first-order valence-electron chi connectivity index (χ1n) is 28.7. The Bertz CT molecular complexity index is 2590. The van der Waals surface area contributed by atoms with Crippen LogP contribution >= 0.6 is 24.4 Å². The molecule has 33 heteroatoms. The van der Waals surface area contributed by atoms with E-state index in [2.05, 4.69) is 21.3 Å². The first-order valence-corrected chi connectivity index (χ1v) is 29.5. The summed E-state index contributed by atoms with van der Waals surface area (Å²) in [5.74, 6) is -9.32. The van der Waals surface area contributed by atoms with Crippen LogP contribution in [0, 0.1) is 0 Å². The van der Waals surface area contributed by atoms with Gasteiger partial charge in [-0.1, -0.05) is 24.3 Å². The molecule has 0 bridgehead atoms. The van der Waals surface area contributed by atoms with Crippen molar-refractivity contribution in [3.8, 4) is 0 Å². The molecule has 13 N–H and O–H groups in total. The highest BCUT2D eigenvalue weighted by molar-refractivity contribution is 7.80. The van der Waals surface area contributed by atoms with Crippen molar-refractivity contribution in [1.29, 1.82) is 0 Å². The minimum absolute atomic E-state index is 0.0787. The van der Waals surface area contributed by atoms with Gasteiger partial charge in [-0.15, -0.1) is 0 Å². The van der Waals surface area contributed by atoms with Gasteiger partial charge in [0.15, 0.2) is 10.2 Å². The predicted molar refractivity (Wildman–Crippen MR) is 327 cm³/mol. The highest BCUT2D eigenvalue weighted by Gasteiger charge is 2.30. The summed E-state index contributed by atoms with van der Waals surface area (Å²) >= 11 is 10.8. The van der Waals surface area contributed by atoms with E-state index in [1.807, 2.05) is 0 Å². The zero-order valence-electron chi connectivity index (χ0n) is 49.0. The van der Waals surface area contributed by atoms with Crippen LogP contribution in [0.15, 0.2) is 48.5 Å². The lowest BCUT2D eigenvalue weighted by Gasteiger charge is -2.35. The molecule has 2 aromatic rings. The lowest BCUT2D eigenvalue weighted by molar-refractivity contribution is -0.164. The summed E-state index contributed by atoms with van der Waals surface area (Å²) < 4.78 is 0.